The van der Waals surface area contributed by atoms with Crippen molar-refractivity contribution in [1.29, 1.82) is 0 Å². The van der Waals surface area contributed by atoms with Gasteiger partial charge in [0.1, 0.15) is 0 Å². The van der Waals surface area contributed by atoms with Crippen LogP contribution in [0.4, 0.5) is 0 Å². The van der Waals surface area contributed by atoms with Crippen LogP contribution in [-0.2, 0) is 17.6 Å². The molecule has 0 fully saturated rings. The van der Waals surface area contributed by atoms with Crippen molar-refractivity contribution < 1.29 is 4.79 Å². The SMILES string of the molecule is CC(C)C1c2[nH]c3ccccc3c2CCN1C(=O)Cc1cscn1. The molecule has 2 aromatic heterocycles. The molecule has 0 saturated carbocycles. The van der Waals surface area contributed by atoms with E-state index in [1.165, 1.54) is 33.5 Å². The third-order valence-electron chi connectivity index (χ3n) is 4.85. The summed E-state index contributed by atoms with van der Waals surface area (Å²) in [5.74, 6) is 0.528. The van der Waals surface area contributed by atoms with E-state index in [9.17, 15) is 4.79 Å². The van der Waals surface area contributed by atoms with Gasteiger partial charge in [-0.2, -0.15) is 0 Å². The Hall–Kier alpha value is -2.14. The van der Waals surface area contributed by atoms with Crippen LogP contribution in [0.3, 0.4) is 0 Å². The lowest BCUT2D eigenvalue weighted by molar-refractivity contribution is -0.134. The van der Waals surface area contributed by atoms with Crippen molar-refractivity contribution in [3.05, 3.63) is 52.1 Å². The van der Waals surface area contributed by atoms with Gasteiger partial charge in [-0.05, 0) is 24.0 Å². The van der Waals surface area contributed by atoms with E-state index < -0.39 is 0 Å². The van der Waals surface area contributed by atoms with Crippen molar-refractivity contribution in [2.45, 2.75) is 32.7 Å². The predicted molar refractivity (Wildman–Crippen MR) is 97.1 cm³/mol. The number of aromatic nitrogens is 2. The van der Waals surface area contributed by atoms with Crippen LogP contribution in [0.5, 0.6) is 0 Å². The van der Waals surface area contributed by atoms with Gasteiger partial charge in [0, 0.05) is 28.5 Å². The van der Waals surface area contributed by atoms with Crippen molar-refractivity contribution >= 4 is 28.1 Å². The molecular formula is C19H21N3OS. The Morgan fingerprint density at radius 3 is 3.00 bits per heavy atom. The van der Waals surface area contributed by atoms with Gasteiger partial charge in [0.15, 0.2) is 0 Å². The molecule has 4 nitrogen and oxygen atoms in total. The zero-order valence-electron chi connectivity index (χ0n) is 14.0. The first-order chi connectivity index (χ1) is 11.6. The monoisotopic (exact) mass is 339 g/mol. The summed E-state index contributed by atoms with van der Waals surface area (Å²) in [7, 11) is 0. The van der Waals surface area contributed by atoms with Gasteiger partial charge in [-0.25, -0.2) is 4.98 Å². The minimum absolute atomic E-state index is 0.104. The average molecular weight is 339 g/mol. The molecule has 24 heavy (non-hydrogen) atoms. The van der Waals surface area contributed by atoms with E-state index in [0.29, 0.717) is 12.3 Å². The molecule has 1 amide bonds. The zero-order chi connectivity index (χ0) is 16.7. The first-order valence-corrected chi connectivity index (χ1v) is 9.35. The number of aromatic amines is 1. The largest absolute Gasteiger partial charge is 0.356 e. The van der Waals surface area contributed by atoms with Gasteiger partial charge in [0.2, 0.25) is 5.91 Å². The Kier molecular flexibility index (Phi) is 3.88. The third-order valence-corrected chi connectivity index (χ3v) is 5.48. The highest BCUT2D eigenvalue weighted by Crippen LogP contribution is 2.38. The number of hydrogen-bond donors (Lipinski definition) is 1. The van der Waals surface area contributed by atoms with Crippen molar-refractivity contribution in [1.82, 2.24) is 14.9 Å². The molecule has 1 atom stereocenters. The lowest BCUT2D eigenvalue weighted by Gasteiger charge is -2.38. The minimum Gasteiger partial charge on any atom is -0.356 e. The summed E-state index contributed by atoms with van der Waals surface area (Å²) < 4.78 is 0. The molecule has 0 spiro atoms. The number of para-hydroxylation sites is 1. The fraction of sp³-hybridized carbons (Fsp3) is 0.368. The molecule has 1 aromatic carbocycles. The standard InChI is InChI=1S/C19H21N3OS/c1-12(2)19-18-15(14-5-3-4-6-16(14)21-18)7-8-22(19)17(23)9-13-10-24-11-20-13/h3-6,10-12,19,21H,7-9H2,1-2H3. The minimum atomic E-state index is 0.104. The fourth-order valence-electron chi connectivity index (χ4n) is 3.82. The molecule has 3 aromatic rings. The van der Waals surface area contributed by atoms with Crippen molar-refractivity contribution in [3.63, 3.8) is 0 Å². The van der Waals surface area contributed by atoms with Gasteiger partial charge in [0.05, 0.1) is 23.7 Å². The normalized spacial score (nSPS) is 17.5. The number of carbonyl (C=O) groups is 1. The number of thiazole rings is 1. The molecule has 0 bridgehead atoms. The smallest absolute Gasteiger partial charge is 0.229 e. The molecule has 0 saturated heterocycles. The van der Waals surface area contributed by atoms with E-state index >= 15 is 0 Å². The van der Waals surface area contributed by atoms with Crippen LogP contribution >= 0.6 is 11.3 Å². The number of rotatable bonds is 3. The van der Waals surface area contributed by atoms with Gasteiger partial charge in [-0.15, -0.1) is 11.3 Å². The Balaban J connectivity index is 1.71. The lowest BCUT2D eigenvalue weighted by Crippen LogP contribution is -2.43. The molecule has 3 heterocycles. The third kappa shape index (κ3) is 2.53. The Morgan fingerprint density at radius 1 is 1.42 bits per heavy atom. The number of nitrogens with zero attached hydrogens (tertiary/aromatic N) is 2. The van der Waals surface area contributed by atoms with Crippen molar-refractivity contribution in [2.24, 2.45) is 5.92 Å². The van der Waals surface area contributed by atoms with E-state index in [1.807, 2.05) is 10.3 Å². The number of nitrogens with one attached hydrogen (secondary N) is 1. The Labute approximate surface area is 145 Å². The highest BCUT2D eigenvalue weighted by atomic mass is 32.1. The van der Waals surface area contributed by atoms with Crippen molar-refractivity contribution in [3.8, 4) is 0 Å². The van der Waals surface area contributed by atoms with Crippen LogP contribution < -0.4 is 0 Å². The number of fused-ring (bicyclic) bond motifs is 3. The molecular weight excluding hydrogens is 318 g/mol. The number of hydrogen-bond acceptors (Lipinski definition) is 3. The van der Waals surface area contributed by atoms with Gasteiger partial charge in [-0.3, -0.25) is 4.79 Å². The van der Waals surface area contributed by atoms with E-state index in [2.05, 4.69) is 48.1 Å². The molecule has 1 N–H and O–H groups in total. The summed E-state index contributed by atoms with van der Waals surface area (Å²) in [4.78, 5) is 22.8. The molecule has 1 aliphatic rings. The van der Waals surface area contributed by atoms with E-state index in [1.54, 1.807) is 5.51 Å². The van der Waals surface area contributed by atoms with Gasteiger partial charge >= 0.3 is 0 Å². The fourth-order valence-corrected chi connectivity index (χ4v) is 4.38. The maximum atomic E-state index is 12.9. The predicted octanol–water partition coefficient (Wildman–Crippen LogP) is 3.95. The van der Waals surface area contributed by atoms with Crippen LogP contribution in [0.15, 0.2) is 35.2 Å². The van der Waals surface area contributed by atoms with Crippen molar-refractivity contribution in [2.75, 3.05) is 6.54 Å². The van der Waals surface area contributed by atoms with E-state index in [0.717, 1.165) is 18.7 Å². The molecule has 0 radical (unpaired) electrons. The summed E-state index contributed by atoms with van der Waals surface area (Å²) in [6.07, 6.45) is 1.30. The van der Waals surface area contributed by atoms with Gasteiger partial charge < -0.3 is 9.88 Å². The average Bonchev–Trinajstić information content (AvgIpc) is 3.20. The maximum absolute atomic E-state index is 12.9. The second-order valence-electron chi connectivity index (χ2n) is 6.75. The highest BCUT2D eigenvalue weighted by molar-refractivity contribution is 7.07. The molecule has 5 heteroatoms. The van der Waals surface area contributed by atoms with Crippen LogP contribution in [0.1, 0.15) is 36.8 Å². The number of amides is 1. The Morgan fingerprint density at radius 2 is 2.25 bits per heavy atom. The molecule has 1 unspecified atom stereocenters. The number of carbonyl (C=O) groups excluding carboxylic acids is 1. The first kappa shape index (κ1) is 15.4. The molecule has 124 valence electrons. The van der Waals surface area contributed by atoms with Crippen LogP contribution in [0, 0.1) is 5.92 Å². The quantitative estimate of drug-likeness (QED) is 0.785. The topological polar surface area (TPSA) is 49.0 Å². The summed E-state index contributed by atoms with van der Waals surface area (Å²) in [5.41, 5.74) is 6.41. The zero-order valence-corrected chi connectivity index (χ0v) is 14.8. The van der Waals surface area contributed by atoms with Crippen LogP contribution in [0.2, 0.25) is 0 Å². The lowest BCUT2D eigenvalue weighted by atomic mass is 9.90. The number of benzene rings is 1. The summed E-state index contributed by atoms with van der Waals surface area (Å²) in [5, 5.41) is 3.25. The van der Waals surface area contributed by atoms with Gasteiger partial charge in [0.25, 0.3) is 0 Å². The summed E-state index contributed by atoms with van der Waals surface area (Å²) >= 11 is 1.54. The van der Waals surface area contributed by atoms with E-state index in [-0.39, 0.29) is 11.9 Å². The maximum Gasteiger partial charge on any atom is 0.229 e. The molecule has 1 aliphatic heterocycles. The molecule has 0 aliphatic carbocycles. The van der Waals surface area contributed by atoms with Crippen LogP contribution in [-0.4, -0.2) is 27.3 Å². The summed E-state index contributed by atoms with van der Waals surface area (Å²) in [6, 6.07) is 8.54. The first-order valence-electron chi connectivity index (χ1n) is 8.41. The second kappa shape index (κ2) is 6.06. The highest BCUT2D eigenvalue weighted by Gasteiger charge is 2.35. The van der Waals surface area contributed by atoms with Crippen LogP contribution in [0.25, 0.3) is 10.9 Å². The summed E-state index contributed by atoms with van der Waals surface area (Å²) in [6.45, 7) is 5.16. The Bertz CT molecular complexity index is 866. The number of H-pyrrole nitrogens is 1. The molecule has 4 rings (SSSR count). The van der Waals surface area contributed by atoms with Gasteiger partial charge in [-0.1, -0.05) is 32.0 Å². The van der Waals surface area contributed by atoms with E-state index in [4.69, 9.17) is 0 Å². The second-order valence-corrected chi connectivity index (χ2v) is 7.46.